The van der Waals surface area contributed by atoms with Gasteiger partial charge in [-0.15, -0.1) is 0 Å². The van der Waals surface area contributed by atoms with Gasteiger partial charge in [0.25, 0.3) is 0 Å². The highest BCUT2D eigenvalue weighted by Crippen LogP contribution is 2.46. The summed E-state index contributed by atoms with van der Waals surface area (Å²) < 4.78 is 21.7. The minimum Gasteiger partial charge on any atom is -0.534 e. The SMILES string of the molecule is CC(C)(C)[Si](Oc1cccc(C[C@@]2(O[Si](C)(C)C)C=CCCC2c2nc(-c3ccccc3)c(-c3ccccc3)o2)c1)(c1ccccc1)c1ccccc1. The largest absolute Gasteiger partial charge is 0.534 e. The summed E-state index contributed by atoms with van der Waals surface area (Å²) in [5.74, 6) is 2.32. The summed E-state index contributed by atoms with van der Waals surface area (Å²) in [5, 5.41) is 2.36. The molecule has 0 saturated carbocycles. The number of oxazole rings is 1. The Kier molecular flexibility index (Phi) is 10.3. The molecule has 0 spiro atoms. The number of hydrogen-bond acceptors (Lipinski definition) is 4. The Labute approximate surface area is 317 Å². The van der Waals surface area contributed by atoms with Gasteiger partial charge in [-0.25, -0.2) is 4.98 Å². The Morgan fingerprint density at radius 3 is 1.85 bits per heavy atom. The molecule has 1 unspecified atom stereocenters. The molecular weight excluding hydrogens is 683 g/mol. The van der Waals surface area contributed by atoms with Crippen molar-refractivity contribution in [1.29, 1.82) is 0 Å². The van der Waals surface area contributed by atoms with E-state index in [1.54, 1.807) is 0 Å². The second-order valence-corrected chi connectivity index (χ2v) is 24.9. The summed E-state index contributed by atoms with van der Waals surface area (Å²) in [6.07, 6.45) is 7.08. The van der Waals surface area contributed by atoms with Gasteiger partial charge in [0.2, 0.25) is 5.89 Å². The zero-order chi connectivity index (χ0) is 37.1. The first kappa shape index (κ1) is 36.6. The van der Waals surface area contributed by atoms with Crippen LogP contribution in [0, 0.1) is 0 Å². The third kappa shape index (κ3) is 7.68. The summed E-state index contributed by atoms with van der Waals surface area (Å²) in [4.78, 5) is 5.32. The highest BCUT2D eigenvalue weighted by atomic mass is 28.4. The van der Waals surface area contributed by atoms with Crippen molar-refractivity contribution in [2.75, 3.05) is 0 Å². The van der Waals surface area contributed by atoms with Gasteiger partial charge in [0, 0.05) is 17.5 Å². The van der Waals surface area contributed by atoms with Crippen molar-refractivity contribution >= 4 is 27.0 Å². The van der Waals surface area contributed by atoms with E-state index in [4.69, 9.17) is 18.3 Å². The van der Waals surface area contributed by atoms with Crippen LogP contribution in [0.15, 0.2) is 162 Å². The molecule has 4 nitrogen and oxygen atoms in total. The second kappa shape index (κ2) is 14.9. The van der Waals surface area contributed by atoms with E-state index < -0.39 is 22.2 Å². The maximum absolute atomic E-state index is 7.49. The van der Waals surface area contributed by atoms with Gasteiger partial charge in [0.05, 0.1) is 11.5 Å². The molecule has 2 atom stereocenters. The van der Waals surface area contributed by atoms with Gasteiger partial charge in [0.1, 0.15) is 11.4 Å². The molecule has 0 N–H and O–H groups in total. The molecular formula is C47H51NO3Si2. The van der Waals surface area contributed by atoms with Crippen molar-refractivity contribution in [2.24, 2.45) is 0 Å². The first-order valence-corrected chi connectivity index (χ1v) is 24.2. The molecule has 53 heavy (non-hydrogen) atoms. The highest BCUT2D eigenvalue weighted by Gasteiger charge is 2.52. The topological polar surface area (TPSA) is 44.5 Å². The zero-order valence-electron chi connectivity index (χ0n) is 31.9. The predicted octanol–water partition coefficient (Wildman–Crippen LogP) is 11.2. The molecule has 6 aromatic rings. The van der Waals surface area contributed by atoms with Crippen molar-refractivity contribution < 1.29 is 13.3 Å². The molecule has 0 bridgehead atoms. The summed E-state index contributed by atoms with van der Waals surface area (Å²) in [6.45, 7) is 13.8. The Balaban J connectivity index is 1.32. The lowest BCUT2D eigenvalue weighted by Crippen LogP contribution is -2.68. The highest BCUT2D eigenvalue weighted by molar-refractivity contribution is 7.00. The second-order valence-electron chi connectivity index (χ2n) is 16.3. The van der Waals surface area contributed by atoms with Crippen molar-refractivity contribution in [3.63, 3.8) is 0 Å². The molecule has 270 valence electrons. The van der Waals surface area contributed by atoms with Crippen molar-refractivity contribution in [3.8, 4) is 28.3 Å². The van der Waals surface area contributed by atoms with Crippen LogP contribution in [0.1, 0.15) is 51.0 Å². The molecule has 0 fully saturated rings. The van der Waals surface area contributed by atoms with Gasteiger partial charge in [-0.1, -0.05) is 166 Å². The third-order valence-electron chi connectivity index (χ3n) is 10.2. The lowest BCUT2D eigenvalue weighted by molar-refractivity contribution is 0.0613. The maximum atomic E-state index is 7.49. The first-order chi connectivity index (χ1) is 25.5. The Morgan fingerprint density at radius 2 is 1.28 bits per heavy atom. The fourth-order valence-corrected chi connectivity index (χ4v) is 13.9. The van der Waals surface area contributed by atoms with Crippen LogP contribution in [0.5, 0.6) is 5.75 Å². The summed E-state index contributed by atoms with van der Waals surface area (Å²) in [5.41, 5.74) is 3.43. The van der Waals surface area contributed by atoms with Crippen LogP contribution in [0.3, 0.4) is 0 Å². The monoisotopic (exact) mass is 733 g/mol. The molecule has 7 rings (SSSR count). The Bertz CT molecular complexity index is 2040. The molecule has 1 aliphatic rings. The van der Waals surface area contributed by atoms with E-state index in [-0.39, 0.29) is 11.0 Å². The van der Waals surface area contributed by atoms with Crippen LogP contribution in [0.4, 0.5) is 0 Å². The van der Waals surface area contributed by atoms with Crippen LogP contribution in [0.25, 0.3) is 22.6 Å². The number of hydrogen-bond donors (Lipinski definition) is 0. The van der Waals surface area contributed by atoms with Crippen LogP contribution >= 0.6 is 0 Å². The number of benzene rings is 5. The molecule has 0 radical (unpaired) electrons. The molecule has 1 aromatic heterocycles. The normalized spacial score (nSPS) is 17.8. The molecule has 6 heteroatoms. The average molecular weight is 734 g/mol. The number of allylic oxidation sites excluding steroid dienone is 1. The predicted molar refractivity (Wildman–Crippen MR) is 224 cm³/mol. The van der Waals surface area contributed by atoms with Gasteiger partial charge >= 0.3 is 8.32 Å². The first-order valence-electron chi connectivity index (χ1n) is 18.9. The quantitative estimate of drug-likeness (QED) is 0.0982. The zero-order valence-corrected chi connectivity index (χ0v) is 33.9. The summed E-state index contributed by atoms with van der Waals surface area (Å²) >= 11 is 0. The molecule has 0 aliphatic heterocycles. The fraction of sp³-hybridized carbons (Fsp3) is 0.255. The maximum Gasteiger partial charge on any atom is 0.319 e. The minimum atomic E-state index is -2.82. The third-order valence-corrected chi connectivity index (χ3v) is 16.1. The van der Waals surface area contributed by atoms with E-state index in [2.05, 4.69) is 186 Å². The molecule has 1 aliphatic carbocycles. The number of nitrogens with zero attached hydrogens (tertiary/aromatic N) is 1. The van der Waals surface area contributed by atoms with E-state index in [0.717, 1.165) is 52.6 Å². The van der Waals surface area contributed by atoms with E-state index in [1.807, 2.05) is 12.1 Å². The van der Waals surface area contributed by atoms with Crippen molar-refractivity contribution in [1.82, 2.24) is 4.98 Å². The molecule has 5 aromatic carbocycles. The van der Waals surface area contributed by atoms with Crippen molar-refractivity contribution in [3.05, 3.63) is 169 Å². The van der Waals surface area contributed by atoms with Crippen molar-refractivity contribution in [2.45, 2.75) is 76.2 Å². The van der Waals surface area contributed by atoms with Crippen LogP contribution < -0.4 is 14.8 Å². The van der Waals surface area contributed by atoms with Gasteiger partial charge in [-0.3, -0.25) is 0 Å². The fourth-order valence-electron chi connectivity index (χ4n) is 8.06. The summed E-state index contributed by atoms with van der Waals surface area (Å²) in [6, 6.07) is 51.1. The van der Waals surface area contributed by atoms with Gasteiger partial charge in [0.15, 0.2) is 14.1 Å². The average Bonchev–Trinajstić information content (AvgIpc) is 3.60. The van der Waals surface area contributed by atoms with Crippen LogP contribution in [0.2, 0.25) is 24.7 Å². The standard InChI is InChI=1S/C47H51NO3Si2/c1-46(2,3)53(40-28-15-9-16-29-40,41-30-17-10-18-31-41)50-39-27-21-22-36(34-39)35-47(51-52(4,5)6)33-20-19-32-42(47)45-48-43(37-23-11-7-12-24-37)44(49-45)38-25-13-8-14-26-38/h7-18,20-31,33-34,42H,19,32,35H2,1-6H3/t42?,47-/m0/s1. The molecule has 1 heterocycles. The lowest BCUT2D eigenvalue weighted by atomic mass is 9.76. The van der Waals surface area contributed by atoms with Gasteiger partial charge < -0.3 is 13.3 Å². The molecule has 0 saturated heterocycles. The van der Waals surface area contributed by atoms with E-state index >= 15 is 0 Å². The van der Waals surface area contributed by atoms with E-state index in [0.29, 0.717) is 6.42 Å². The number of aromatic nitrogens is 1. The number of rotatable bonds is 11. The van der Waals surface area contributed by atoms with Crippen LogP contribution in [-0.2, 0) is 10.8 Å². The molecule has 0 amide bonds. The smallest absolute Gasteiger partial charge is 0.319 e. The van der Waals surface area contributed by atoms with Gasteiger partial charge in [-0.05, 0) is 65.6 Å². The lowest BCUT2D eigenvalue weighted by Gasteiger charge is -2.44. The Morgan fingerprint density at radius 1 is 0.717 bits per heavy atom. The van der Waals surface area contributed by atoms with Gasteiger partial charge in [-0.2, -0.15) is 0 Å². The summed E-state index contributed by atoms with van der Waals surface area (Å²) in [7, 11) is -4.91. The van der Waals surface area contributed by atoms with E-state index in [1.165, 1.54) is 10.4 Å². The minimum absolute atomic E-state index is 0.0830. The van der Waals surface area contributed by atoms with E-state index in [9.17, 15) is 0 Å². The Hall–Kier alpha value is -4.76. The van der Waals surface area contributed by atoms with Crippen LogP contribution in [-0.4, -0.2) is 27.2 Å².